The quantitative estimate of drug-likeness (QED) is 0.291. The molecule has 0 saturated carbocycles. The molecule has 0 fully saturated rings. The first kappa shape index (κ1) is 19.3. The summed E-state index contributed by atoms with van der Waals surface area (Å²) in [5.41, 5.74) is -0.144. The van der Waals surface area contributed by atoms with E-state index in [0.717, 1.165) is 0 Å². The summed E-state index contributed by atoms with van der Waals surface area (Å²) in [7, 11) is 0. The van der Waals surface area contributed by atoms with E-state index in [4.69, 9.17) is 14.2 Å². The van der Waals surface area contributed by atoms with Crippen molar-refractivity contribution in [2.24, 2.45) is 0 Å². The van der Waals surface area contributed by atoms with Crippen molar-refractivity contribution in [2.45, 2.75) is 33.2 Å². The monoisotopic (exact) mass is 310 g/mol. The van der Waals surface area contributed by atoms with Gasteiger partial charge in [0.2, 0.25) is 0 Å². The van der Waals surface area contributed by atoms with E-state index >= 15 is 0 Å². The van der Waals surface area contributed by atoms with Crippen LogP contribution in [0, 0.1) is 0 Å². The lowest BCUT2D eigenvalue weighted by Gasteiger charge is -2.30. The fourth-order valence-electron chi connectivity index (χ4n) is 0.975. The van der Waals surface area contributed by atoms with Crippen LogP contribution in [-0.4, -0.2) is 30.2 Å². The molecule has 0 saturated heterocycles. The molecule has 0 aliphatic heterocycles. The predicted molar refractivity (Wildman–Crippen MR) is 76.1 cm³/mol. The number of ether oxygens (including phenoxy) is 3. The Morgan fingerprint density at radius 1 is 0.818 bits per heavy atom. The van der Waals surface area contributed by atoms with E-state index in [1.54, 1.807) is 0 Å². The van der Waals surface area contributed by atoms with Crippen LogP contribution in [0.4, 0.5) is 0 Å². The summed E-state index contributed by atoms with van der Waals surface area (Å²) in [6.07, 6.45) is -0.451. The molecule has 7 heteroatoms. The molecule has 0 amide bonds. The van der Waals surface area contributed by atoms with E-state index < -0.39 is 30.3 Å². The Morgan fingerprint density at radius 3 is 1.27 bits per heavy atom. The van der Waals surface area contributed by atoms with Gasteiger partial charge in [0.15, 0.2) is 0 Å². The molecule has 0 aromatic rings. The van der Waals surface area contributed by atoms with Crippen molar-refractivity contribution in [3.63, 3.8) is 0 Å². The van der Waals surface area contributed by atoms with Crippen LogP contribution in [0.25, 0.3) is 0 Å². The minimum atomic E-state index is -2.54. The van der Waals surface area contributed by atoms with Gasteiger partial charge in [-0.15, -0.1) is 0 Å². The zero-order chi connectivity index (χ0) is 17.5. The van der Waals surface area contributed by atoms with Gasteiger partial charge in [0, 0.05) is 16.7 Å². The molecule has 0 radical (unpaired) electrons. The number of carbonyl (C=O) groups is 4. The zero-order valence-electron chi connectivity index (χ0n) is 12.8. The molecule has 120 valence electrons. The maximum absolute atomic E-state index is 11.7. The van der Waals surface area contributed by atoms with E-state index in [2.05, 4.69) is 19.7 Å². The van der Waals surface area contributed by atoms with Gasteiger partial charge in [0.05, 0.1) is 0 Å². The van der Waals surface area contributed by atoms with Gasteiger partial charge in [-0.1, -0.05) is 19.7 Å². The Hall–Kier alpha value is -2.70. The molecular weight excluding hydrogens is 292 g/mol. The summed E-state index contributed by atoms with van der Waals surface area (Å²) >= 11 is 0. The minimum absolute atomic E-state index is 0.0481. The molecule has 0 heterocycles. The van der Waals surface area contributed by atoms with Gasteiger partial charge < -0.3 is 19.0 Å². The van der Waals surface area contributed by atoms with Crippen LogP contribution < -0.4 is 0 Å². The predicted octanol–water partition coefficient (Wildman–Crippen LogP) is 1.59. The van der Waals surface area contributed by atoms with Crippen LogP contribution in [0.2, 0.25) is 0 Å². The number of hydrogen-bond acceptors (Lipinski definition) is 7. The summed E-state index contributed by atoms with van der Waals surface area (Å²) in [6.45, 7) is 14.0. The van der Waals surface area contributed by atoms with Gasteiger partial charge in [-0.25, -0.2) is 14.4 Å². The third-order valence-electron chi connectivity index (χ3n) is 2.12. The Balaban J connectivity index is 5.65. The van der Waals surface area contributed by atoms with Gasteiger partial charge in [-0.3, -0.25) is 0 Å². The number of carbonyl (C=O) groups excluding carboxylic acids is 4. The lowest BCUT2D eigenvalue weighted by atomic mass is 10.3. The largest absolute Gasteiger partial charge is 0.431 e. The Morgan fingerprint density at radius 2 is 1.09 bits per heavy atom. The van der Waals surface area contributed by atoms with Crippen molar-refractivity contribution in [3.05, 3.63) is 36.5 Å². The van der Waals surface area contributed by atoms with Crippen LogP contribution in [0.3, 0.4) is 0 Å². The molecular formula is C15H18O7. The summed E-state index contributed by atoms with van der Waals surface area (Å²) < 4.78 is 14.5. The van der Waals surface area contributed by atoms with Crippen LogP contribution >= 0.6 is 0 Å². The summed E-state index contributed by atoms with van der Waals surface area (Å²) in [5, 5.41) is 0. The number of rotatable bonds is 8. The highest BCUT2D eigenvalue weighted by Gasteiger charge is 2.44. The molecule has 22 heavy (non-hydrogen) atoms. The third-order valence-corrected chi connectivity index (χ3v) is 2.12. The molecule has 0 bridgehead atoms. The van der Waals surface area contributed by atoms with E-state index in [-0.39, 0.29) is 23.0 Å². The summed E-state index contributed by atoms with van der Waals surface area (Å²) in [4.78, 5) is 45.8. The summed E-state index contributed by atoms with van der Waals surface area (Å²) in [6, 6.07) is 0. The minimum Gasteiger partial charge on any atom is -0.384 e. The van der Waals surface area contributed by atoms with Gasteiger partial charge in [-0.2, -0.15) is 0 Å². The zero-order valence-corrected chi connectivity index (χ0v) is 12.8. The van der Waals surface area contributed by atoms with E-state index in [9.17, 15) is 19.2 Å². The highest BCUT2D eigenvalue weighted by molar-refractivity contribution is 5.90. The molecule has 0 aromatic heterocycles. The van der Waals surface area contributed by atoms with E-state index in [0.29, 0.717) is 0 Å². The Kier molecular flexibility index (Phi) is 6.95. The molecule has 0 aromatic carbocycles. The van der Waals surface area contributed by atoms with Crippen LogP contribution in [0.5, 0.6) is 0 Å². The second kappa shape index (κ2) is 7.92. The maximum atomic E-state index is 11.7. The number of esters is 3. The third kappa shape index (κ3) is 5.74. The maximum Gasteiger partial charge on any atom is 0.431 e. The lowest BCUT2D eigenvalue weighted by Crippen LogP contribution is -2.45. The second-order valence-electron chi connectivity index (χ2n) is 4.56. The first-order valence-corrected chi connectivity index (χ1v) is 6.15. The fourth-order valence-corrected chi connectivity index (χ4v) is 0.975. The summed E-state index contributed by atoms with van der Waals surface area (Å²) in [5.74, 6) is -5.56. The standard InChI is InChI=1S/C15H18O7/c1-9(2)12(17)20-15(7-8-16,21-13(18)10(3)4)22-14(19)11(5)6/h8H,1,3,5,7H2,2,4,6H3. The van der Waals surface area contributed by atoms with Crippen molar-refractivity contribution in [1.82, 2.24) is 0 Å². The number of hydrogen-bond donors (Lipinski definition) is 0. The molecule has 0 atom stereocenters. The molecule has 0 rings (SSSR count). The average molecular weight is 310 g/mol. The number of aldehydes is 1. The molecule has 0 unspecified atom stereocenters. The second-order valence-corrected chi connectivity index (χ2v) is 4.56. The van der Waals surface area contributed by atoms with Gasteiger partial charge in [-0.05, 0) is 20.8 Å². The Bertz CT molecular complexity index is 473. The molecule has 0 N–H and O–H groups in total. The molecule has 0 spiro atoms. The van der Waals surface area contributed by atoms with Crippen molar-refractivity contribution in [2.75, 3.05) is 0 Å². The first-order chi connectivity index (χ1) is 10.0. The highest BCUT2D eigenvalue weighted by Crippen LogP contribution is 2.24. The van der Waals surface area contributed by atoms with Crippen LogP contribution in [-0.2, 0) is 33.4 Å². The molecule has 0 aliphatic carbocycles. The van der Waals surface area contributed by atoms with Crippen molar-refractivity contribution < 1.29 is 33.4 Å². The fraction of sp³-hybridized carbons (Fsp3) is 0.333. The van der Waals surface area contributed by atoms with Crippen molar-refractivity contribution >= 4 is 24.2 Å². The molecule has 0 aliphatic rings. The van der Waals surface area contributed by atoms with E-state index in [1.165, 1.54) is 20.8 Å². The topological polar surface area (TPSA) is 96.0 Å². The van der Waals surface area contributed by atoms with Crippen molar-refractivity contribution in [1.29, 1.82) is 0 Å². The van der Waals surface area contributed by atoms with Crippen LogP contribution in [0.1, 0.15) is 27.2 Å². The normalized spacial score (nSPS) is 10.1. The van der Waals surface area contributed by atoms with Gasteiger partial charge in [0.25, 0.3) is 0 Å². The lowest BCUT2D eigenvalue weighted by molar-refractivity contribution is -0.323. The van der Waals surface area contributed by atoms with E-state index in [1.807, 2.05) is 0 Å². The molecule has 7 nitrogen and oxygen atoms in total. The van der Waals surface area contributed by atoms with Crippen LogP contribution in [0.15, 0.2) is 36.5 Å². The first-order valence-electron chi connectivity index (χ1n) is 6.15. The smallest absolute Gasteiger partial charge is 0.384 e. The van der Waals surface area contributed by atoms with Gasteiger partial charge in [0.1, 0.15) is 12.7 Å². The SMILES string of the molecule is C=C(C)C(=O)OC(CC=O)(OC(=O)C(=C)C)OC(=O)C(=C)C. The van der Waals surface area contributed by atoms with Gasteiger partial charge >= 0.3 is 23.9 Å². The van der Waals surface area contributed by atoms with Crippen molar-refractivity contribution in [3.8, 4) is 0 Å². The average Bonchev–Trinajstić information content (AvgIpc) is 2.38. The highest BCUT2D eigenvalue weighted by atomic mass is 16.9. The Labute approximate surface area is 128 Å².